The molecule has 1 saturated heterocycles. The van der Waals surface area contributed by atoms with Crippen LogP contribution in [-0.2, 0) is 4.74 Å². The highest BCUT2D eigenvalue weighted by atomic mass is 79.9. The van der Waals surface area contributed by atoms with Crippen molar-refractivity contribution in [1.82, 2.24) is 4.90 Å². The van der Waals surface area contributed by atoms with Gasteiger partial charge in [0.1, 0.15) is 5.75 Å². The van der Waals surface area contributed by atoms with E-state index in [1.165, 1.54) is 5.56 Å². The van der Waals surface area contributed by atoms with Crippen molar-refractivity contribution in [3.05, 3.63) is 28.2 Å². The van der Waals surface area contributed by atoms with Crippen molar-refractivity contribution < 1.29 is 9.47 Å². The molecule has 19 heavy (non-hydrogen) atoms. The third-order valence-corrected chi connectivity index (χ3v) is 4.33. The monoisotopic (exact) mass is 328 g/mol. The molecule has 0 bridgehead atoms. The Balaban J connectivity index is 2.30. The van der Waals surface area contributed by atoms with E-state index in [4.69, 9.17) is 15.2 Å². The van der Waals surface area contributed by atoms with Crippen molar-refractivity contribution in [1.29, 1.82) is 0 Å². The Kier molecular flexibility index (Phi) is 5.21. The van der Waals surface area contributed by atoms with Crippen molar-refractivity contribution in [2.45, 2.75) is 19.0 Å². The van der Waals surface area contributed by atoms with E-state index in [2.05, 4.69) is 33.8 Å². The number of hydrogen-bond donors (Lipinski definition) is 1. The van der Waals surface area contributed by atoms with Crippen LogP contribution in [0.25, 0.3) is 0 Å². The van der Waals surface area contributed by atoms with E-state index in [1.54, 1.807) is 7.11 Å². The Bertz CT molecular complexity index is 428. The zero-order valence-corrected chi connectivity index (χ0v) is 13.0. The van der Waals surface area contributed by atoms with Crippen molar-refractivity contribution in [2.24, 2.45) is 5.73 Å². The third kappa shape index (κ3) is 3.28. The summed E-state index contributed by atoms with van der Waals surface area (Å²) in [6, 6.07) is 6.58. The van der Waals surface area contributed by atoms with Gasteiger partial charge in [-0.2, -0.15) is 0 Å². The van der Waals surface area contributed by atoms with E-state index in [-0.39, 0.29) is 6.04 Å². The smallest absolute Gasteiger partial charge is 0.119 e. The molecule has 1 aromatic rings. The van der Waals surface area contributed by atoms with Crippen molar-refractivity contribution in [3.8, 4) is 5.75 Å². The largest absolute Gasteiger partial charge is 0.497 e. The molecule has 0 radical (unpaired) electrons. The second kappa shape index (κ2) is 6.70. The predicted molar refractivity (Wildman–Crippen MR) is 79.5 cm³/mol. The van der Waals surface area contributed by atoms with Gasteiger partial charge in [-0.25, -0.2) is 0 Å². The summed E-state index contributed by atoms with van der Waals surface area (Å²) in [6.45, 7) is 5.19. The lowest BCUT2D eigenvalue weighted by Crippen LogP contribution is -2.47. The Morgan fingerprint density at radius 1 is 1.58 bits per heavy atom. The Hall–Kier alpha value is -0.620. The first-order chi connectivity index (χ1) is 9.17. The molecule has 5 heteroatoms. The van der Waals surface area contributed by atoms with E-state index in [1.807, 2.05) is 12.1 Å². The molecule has 0 saturated carbocycles. The quantitative estimate of drug-likeness (QED) is 0.920. The SMILES string of the molecule is COc1ccc(Br)c(C(CN)N2CCOCC2C)c1. The van der Waals surface area contributed by atoms with Crippen LogP contribution in [0.5, 0.6) is 5.75 Å². The normalized spacial score (nSPS) is 22.2. The number of ether oxygens (including phenoxy) is 2. The average Bonchev–Trinajstić information content (AvgIpc) is 2.43. The fourth-order valence-corrected chi connectivity index (χ4v) is 3.06. The van der Waals surface area contributed by atoms with Gasteiger partial charge < -0.3 is 15.2 Å². The van der Waals surface area contributed by atoms with Gasteiger partial charge in [0, 0.05) is 29.6 Å². The van der Waals surface area contributed by atoms with Gasteiger partial charge in [0.25, 0.3) is 0 Å². The van der Waals surface area contributed by atoms with Crippen LogP contribution in [-0.4, -0.2) is 44.4 Å². The summed E-state index contributed by atoms with van der Waals surface area (Å²) in [5.74, 6) is 0.859. The van der Waals surface area contributed by atoms with Crippen LogP contribution >= 0.6 is 15.9 Å². The van der Waals surface area contributed by atoms with E-state index in [0.717, 1.165) is 30.0 Å². The summed E-state index contributed by atoms with van der Waals surface area (Å²) in [5, 5.41) is 0. The molecular formula is C14H21BrN2O2. The van der Waals surface area contributed by atoms with Crippen molar-refractivity contribution in [3.63, 3.8) is 0 Å². The van der Waals surface area contributed by atoms with E-state index in [0.29, 0.717) is 12.6 Å². The lowest BCUT2D eigenvalue weighted by molar-refractivity contribution is -0.0211. The van der Waals surface area contributed by atoms with Gasteiger partial charge in [-0.15, -0.1) is 0 Å². The molecule has 0 amide bonds. The minimum atomic E-state index is 0.184. The molecule has 106 valence electrons. The molecule has 1 fully saturated rings. The summed E-state index contributed by atoms with van der Waals surface area (Å²) in [6.07, 6.45) is 0. The standard InChI is InChI=1S/C14H21BrN2O2/c1-10-9-19-6-5-17(10)14(8-16)12-7-11(18-2)3-4-13(12)15/h3-4,7,10,14H,5-6,8-9,16H2,1-2H3. The van der Waals surface area contributed by atoms with Gasteiger partial charge in [-0.1, -0.05) is 15.9 Å². The molecule has 2 unspecified atom stereocenters. The molecule has 1 aromatic carbocycles. The van der Waals surface area contributed by atoms with Gasteiger partial charge in [0.2, 0.25) is 0 Å². The topological polar surface area (TPSA) is 47.7 Å². The molecule has 4 nitrogen and oxygen atoms in total. The number of benzene rings is 1. The molecule has 1 aliphatic rings. The summed E-state index contributed by atoms with van der Waals surface area (Å²) in [5.41, 5.74) is 7.19. The van der Waals surface area contributed by atoms with Gasteiger partial charge in [0.05, 0.1) is 20.3 Å². The first-order valence-corrected chi connectivity index (χ1v) is 7.33. The summed E-state index contributed by atoms with van der Waals surface area (Å²) in [4.78, 5) is 2.41. The second-order valence-electron chi connectivity index (χ2n) is 4.80. The highest BCUT2D eigenvalue weighted by Crippen LogP contribution is 2.32. The maximum Gasteiger partial charge on any atom is 0.119 e. The number of nitrogens with zero attached hydrogens (tertiary/aromatic N) is 1. The number of halogens is 1. The molecular weight excluding hydrogens is 308 g/mol. The van der Waals surface area contributed by atoms with E-state index < -0.39 is 0 Å². The van der Waals surface area contributed by atoms with Gasteiger partial charge in [-0.05, 0) is 30.7 Å². The number of nitrogens with two attached hydrogens (primary N) is 1. The maximum absolute atomic E-state index is 6.01. The zero-order chi connectivity index (χ0) is 13.8. The Labute approximate surface area is 123 Å². The molecule has 2 N–H and O–H groups in total. The number of methoxy groups -OCH3 is 1. The molecule has 0 aromatic heterocycles. The van der Waals surface area contributed by atoms with E-state index in [9.17, 15) is 0 Å². The van der Waals surface area contributed by atoms with Gasteiger partial charge >= 0.3 is 0 Å². The molecule has 2 rings (SSSR count). The lowest BCUT2D eigenvalue weighted by Gasteiger charge is -2.39. The van der Waals surface area contributed by atoms with Crippen molar-refractivity contribution >= 4 is 15.9 Å². The summed E-state index contributed by atoms with van der Waals surface area (Å²) >= 11 is 3.62. The molecule has 0 aliphatic carbocycles. The number of morpholine rings is 1. The summed E-state index contributed by atoms with van der Waals surface area (Å²) in [7, 11) is 1.68. The van der Waals surface area contributed by atoms with Crippen LogP contribution in [0, 0.1) is 0 Å². The predicted octanol–water partition coefficient (Wildman–Crippen LogP) is 2.18. The van der Waals surface area contributed by atoms with Crippen LogP contribution in [0.2, 0.25) is 0 Å². The highest BCUT2D eigenvalue weighted by molar-refractivity contribution is 9.10. The fourth-order valence-electron chi connectivity index (χ4n) is 2.55. The molecule has 0 spiro atoms. The van der Waals surface area contributed by atoms with E-state index >= 15 is 0 Å². The van der Waals surface area contributed by atoms with Crippen LogP contribution < -0.4 is 10.5 Å². The van der Waals surface area contributed by atoms with Crippen LogP contribution in [0.3, 0.4) is 0 Å². The lowest BCUT2D eigenvalue weighted by atomic mass is 10.0. The zero-order valence-electron chi connectivity index (χ0n) is 11.4. The maximum atomic E-state index is 6.01. The summed E-state index contributed by atoms with van der Waals surface area (Å²) < 4.78 is 11.9. The molecule has 2 atom stereocenters. The Morgan fingerprint density at radius 2 is 2.37 bits per heavy atom. The average molecular weight is 329 g/mol. The molecule has 1 aliphatic heterocycles. The minimum absolute atomic E-state index is 0.184. The minimum Gasteiger partial charge on any atom is -0.497 e. The van der Waals surface area contributed by atoms with Gasteiger partial charge in [-0.3, -0.25) is 4.90 Å². The Morgan fingerprint density at radius 3 is 3.00 bits per heavy atom. The second-order valence-corrected chi connectivity index (χ2v) is 5.66. The van der Waals surface area contributed by atoms with Crippen molar-refractivity contribution in [2.75, 3.05) is 33.4 Å². The number of hydrogen-bond acceptors (Lipinski definition) is 4. The first-order valence-electron chi connectivity index (χ1n) is 6.54. The fraction of sp³-hybridized carbons (Fsp3) is 0.571. The third-order valence-electron chi connectivity index (χ3n) is 3.60. The van der Waals surface area contributed by atoms with Crippen LogP contribution in [0.1, 0.15) is 18.5 Å². The number of rotatable bonds is 4. The first kappa shape index (κ1) is 14.8. The van der Waals surface area contributed by atoms with Crippen LogP contribution in [0.4, 0.5) is 0 Å². The molecule has 1 heterocycles. The highest BCUT2D eigenvalue weighted by Gasteiger charge is 2.28. The van der Waals surface area contributed by atoms with Crippen LogP contribution in [0.15, 0.2) is 22.7 Å². The van der Waals surface area contributed by atoms with Gasteiger partial charge in [0.15, 0.2) is 0 Å².